The van der Waals surface area contributed by atoms with Gasteiger partial charge in [0.1, 0.15) is 11.5 Å². The van der Waals surface area contributed by atoms with Gasteiger partial charge in [0.15, 0.2) is 0 Å². The Kier molecular flexibility index (Phi) is 7.75. The van der Waals surface area contributed by atoms with Crippen molar-refractivity contribution in [1.82, 2.24) is 0 Å². The molecule has 1 aromatic carbocycles. The van der Waals surface area contributed by atoms with Gasteiger partial charge in [0, 0.05) is 11.6 Å². The summed E-state index contributed by atoms with van der Waals surface area (Å²) in [7, 11) is 3.32. The summed E-state index contributed by atoms with van der Waals surface area (Å²) < 4.78 is 10.5. The van der Waals surface area contributed by atoms with Crippen molar-refractivity contribution in [2.45, 2.75) is 32.2 Å². The number of ether oxygens (including phenoxy) is 2. The van der Waals surface area contributed by atoms with Crippen molar-refractivity contribution in [2.75, 3.05) is 14.2 Å². The molecule has 1 rings (SSSR count). The van der Waals surface area contributed by atoms with Gasteiger partial charge < -0.3 is 15.2 Å². The molecule has 98 valence electrons. The van der Waals surface area contributed by atoms with Crippen molar-refractivity contribution >= 4 is 12.4 Å². The minimum Gasteiger partial charge on any atom is -0.497 e. The average Bonchev–Trinajstić information content (AvgIpc) is 2.35. The molecule has 0 aliphatic heterocycles. The Morgan fingerprint density at radius 1 is 1.24 bits per heavy atom. The van der Waals surface area contributed by atoms with Crippen LogP contribution in [-0.2, 0) is 0 Å². The van der Waals surface area contributed by atoms with Gasteiger partial charge in [0.25, 0.3) is 0 Å². The van der Waals surface area contributed by atoms with Gasteiger partial charge in [0.2, 0.25) is 0 Å². The zero-order valence-corrected chi connectivity index (χ0v) is 11.5. The average molecular weight is 260 g/mol. The minimum atomic E-state index is 0. The largest absolute Gasteiger partial charge is 0.497 e. The van der Waals surface area contributed by atoms with Crippen LogP contribution in [0.3, 0.4) is 0 Å². The lowest BCUT2D eigenvalue weighted by atomic mass is 10.0. The maximum absolute atomic E-state index is 6.15. The molecule has 0 amide bonds. The lowest BCUT2D eigenvalue weighted by molar-refractivity contribution is 0.393. The summed E-state index contributed by atoms with van der Waals surface area (Å²) in [4.78, 5) is 0. The van der Waals surface area contributed by atoms with Gasteiger partial charge in [-0.3, -0.25) is 0 Å². The molecule has 0 saturated carbocycles. The lowest BCUT2D eigenvalue weighted by Crippen LogP contribution is -2.11. The molecule has 0 unspecified atom stereocenters. The van der Waals surface area contributed by atoms with E-state index in [1.807, 2.05) is 18.2 Å². The third kappa shape index (κ3) is 4.44. The van der Waals surface area contributed by atoms with Crippen LogP contribution in [0.1, 0.15) is 37.8 Å². The lowest BCUT2D eigenvalue weighted by Gasteiger charge is -2.16. The van der Waals surface area contributed by atoms with E-state index in [2.05, 4.69) is 6.92 Å². The third-order valence-electron chi connectivity index (χ3n) is 2.71. The second kappa shape index (κ2) is 8.20. The second-order valence-corrected chi connectivity index (χ2v) is 3.86. The molecular formula is C13H22ClNO2. The monoisotopic (exact) mass is 259 g/mol. The fraction of sp³-hybridized carbons (Fsp3) is 0.538. The predicted octanol–water partition coefficient (Wildman–Crippen LogP) is 3.32. The first-order valence-electron chi connectivity index (χ1n) is 5.70. The molecular weight excluding hydrogens is 238 g/mol. The van der Waals surface area contributed by atoms with Crippen molar-refractivity contribution in [3.8, 4) is 11.5 Å². The van der Waals surface area contributed by atoms with Crippen LogP contribution >= 0.6 is 12.4 Å². The number of benzene rings is 1. The Balaban J connectivity index is 0.00000256. The summed E-state index contributed by atoms with van der Waals surface area (Å²) in [5.41, 5.74) is 7.17. The Morgan fingerprint density at radius 3 is 2.47 bits per heavy atom. The van der Waals surface area contributed by atoms with Crippen LogP contribution in [-0.4, -0.2) is 14.2 Å². The van der Waals surface area contributed by atoms with E-state index in [-0.39, 0.29) is 18.4 Å². The zero-order chi connectivity index (χ0) is 12.0. The van der Waals surface area contributed by atoms with Crippen LogP contribution in [0, 0.1) is 0 Å². The molecule has 0 aliphatic rings. The number of halogens is 1. The standard InChI is InChI=1S/C13H21NO2.ClH/c1-4-5-6-12(14)11-9-10(15-2)7-8-13(11)16-3;/h7-9,12H,4-6,14H2,1-3H3;1H/t12-;/m0./s1. The molecule has 0 heterocycles. The van der Waals surface area contributed by atoms with Crippen LogP contribution in [0.5, 0.6) is 11.5 Å². The van der Waals surface area contributed by atoms with Gasteiger partial charge in [-0.15, -0.1) is 12.4 Å². The van der Waals surface area contributed by atoms with E-state index in [1.54, 1.807) is 14.2 Å². The summed E-state index contributed by atoms with van der Waals surface area (Å²) in [6, 6.07) is 5.76. The SMILES string of the molecule is CCCC[C@H](N)c1cc(OC)ccc1OC.Cl. The highest BCUT2D eigenvalue weighted by molar-refractivity contribution is 5.85. The Labute approximate surface area is 110 Å². The van der Waals surface area contributed by atoms with E-state index < -0.39 is 0 Å². The van der Waals surface area contributed by atoms with Crippen molar-refractivity contribution in [3.63, 3.8) is 0 Å². The summed E-state index contributed by atoms with van der Waals surface area (Å²) >= 11 is 0. The number of rotatable bonds is 6. The Bertz CT molecular complexity index is 331. The summed E-state index contributed by atoms with van der Waals surface area (Å²) in [5.74, 6) is 1.66. The van der Waals surface area contributed by atoms with E-state index >= 15 is 0 Å². The zero-order valence-electron chi connectivity index (χ0n) is 10.7. The topological polar surface area (TPSA) is 44.5 Å². The Morgan fingerprint density at radius 2 is 1.94 bits per heavy atom. The van der Waals surface area contributed by atoms with Crippen molar-refractivity contribution in [2.24, 2.45) is 5.73 Å². The molecule has 0 aromatic heterocycles. The maximum atomic E-state index is 6.15. The van der Waals surface area contributed by atoms with Crippen LogP contribution in [0.15, 0.2) is 18.2 Å². The normalized spacial score (nSPS) is 11.5. The number of hydrogen-bond acceptors (Lipinski definition) is 3. The van der Waals surface area contributed by atoms with Crippen LogP contribution in [0.25, 0.3) is 0 Å². The van der Waals surface area contributed by atoms with Gasteiger partial charge in [-0.05, 0) is 24.6 Å². The highest BCUT2D eigenvalue weighted by atomic mass is 35.5. The summed E-state index contributed by atoms with van der Waals surface area (Å²) in [5, 5.41) is 0. The Hall–Kier alpha value is -0.930. The summed E-state index contributed by atoms with van der Waals surface area (Å²) in [6.45, 7) is 2.16. The summed E-state index contributed by atoms with van der Waals surface area (Å²) in [6.07, 6.45) is 3.25. The smallest absolute Gasteiger partial charge is 0.123 e. The van der Waals surface area contributed by atoms with Crippen LogP contribution in [0.4, 0.5) is 0 Å². The number of hydrogen-bond donors (Lipinski definition) is 1. The molecule has 0 bridgehead atoms. The molecule has 0 saturated heterocycles. The van der Waals surface area contributed by atoms with E-state index in [0.717, 1.165) is 36.3 Å². The molecule has 0 spiro atoms. The van der Waals surface area contributed by atoms with E-state index in [0.29, 0.717) is 0 Å². The quantitative estimate of drug-likeness (QED) is 0.852. The van der Waals surface area contributed by atoms with E-state index in [4.69, 9.17) is 15.2 Å². The molecule has 0 aliphatic carbocycles. The first-order chi connectivity index (χ1) is 7.72. The fourth-order valence-electron chi connectivity index (χ4n) is 1.71. The first-order valence-corrected chi connectivity index (χ1v) is 5.70. The first kappa shape index (κ1) is 16.1. The van der Waals surface area contributed by atoms with Gasteiger partial charge >= 0.3 is 0 Å². The second-order valence-electron chi connectivity index (χ2n) is 3.86. The van der Waals surface area contributed by atoms with Gasteiger partial charge in [0.05, 0.1) is 14.2 Å². The highest BCUT2D eigenvalue weighted by Crippen LogP contribution is 2.30. The molecule has 17 heavy (non-hydrogen) atoms. The van der Waals surface area contributed by atoms with Gasteiger partial charge in [-0.25, -0.2) is 0 Å². The fourth-order valence-corrected chi connectivity index (χ4v) is 1.71. The number of nitrogens with two attached hydrogens (primary N) is 1. The van der Waals surface area contributed by atoms with Crippen molar-refractivity contribution in [3.05, 3.63) is 23.8 Å². The third-order valence-corrected chi connectivity index (χ3v) is 2.71. The number of methoxy groups -OCH3 is 2. The minimum absolute atomic E-state index is 0. The van der Waals surface area contributed by atoms with E-state index in [1.165, 1.54) is 0 Å². The molecule has 4 heteroatoms. The van der Waals surface area contributed by atoms with Gasteiger partial charge in [-0.2, -0.15) is 0 Å². The van der Waals surface area contributed by atoms with Crippen molar-refractivity contribution < 1.29 is 9.47 Å². The van der Waals surface area contributed by atoms with Crippen molar-refractivity contribution in [1.29, 1.82) is 0 Å². The predicted molar refractivity (Wildman–Crippen MR) is 73.2 cm³/mol. The van der Waals surface area contributed by atoms with Crippen LogP contribution < -0.4 is 15.2 Å². The van der Waals surface area contributed by atoms with Gasteiger partial charge in [-0.1, -0.05) is 19.8 Å². The molecule has 2 N–H and O–H groups in total. The highest BCUT2D eigenvalue weighted by Gasteiger charge is 2.12. The molecule has 1 atom stereocenters. The molecule has 0 fully saturated rings. The van der Waals surface area contributed by atoms with Crippen LogP contribution in [0.2, 0.25) is 0 Å². The molecule has 1 aromatic rings. The molecule has 0 radical (unpaired) electrons. The maximum Gasteiger partial charge on any atom is 0.123 e. The number of unbranched alkanes of at least 4 members (excludes halogenated alkanes) is 1. The van der Waals surface area contributed by atoms with E-state index in [9.17, 15) is 0 Å². The molecule has 3 nitrogen and oxygen atoms in total.